The fourth-order valence-corrected chi connectivity index (χ4v) is 4.66. The zero-order valence-electron chi connectivity index (χ0n) is 19.7. The van der Waals surface area contributed by atoms with E-state index in [9.17, 15) is 4.79 Å². The van der Waals surface area contributed by atoms with Crippen molar-refractivity contribution in [3.05, 3.63) is 120 Å². The summed E-state index contributed by atoms with van der Waals surface area (Å²) >= 11 is 0. The predicted octanol–water partition coefficient (Wildman–Crippen LogP) is 6.80. The molecule has 1 amide bonds. The molecule has 0 atom stereocenters. The summed E-state index contributed by atoms with van der Waals surface area (Å²) in [5.41, 5.74) is 6.01. The van der Waals surface area contributed by atoms with E-state index in [1.807, 2.05) is 66.7 Å². The summed E-state index contributed by atoms with van der Waals surface area (Å²) in [7, 11) is 0. The van der Waals surface area contributed by atoms with Crippen LogP contribution in [0.25, 0.3) is 23.0 Å². The summed E-state index contributed by atoms with van der Waals surface area (Å²) in [6.45, 7) is 0. The van der Waals surface area contributed by atoms with Crippen molar-refractivity contribution in [1.29, 1.82) is 0 Å². The van der Waals surface area contributed by atoms with E-state index >= 15 is 0 Å². The molecule has 4 aromatic rings. The normalized spacial score (nSPS) is 14.5. The molecule has 5 rings (SSSR count). The van der Waals surface area contributed by atoms with Crippen molar-refractivity contribution in [3.8, 4) is 11.4 Å². The van der Waals surface area contributed by atoms with E-state index in [4.69, 9.17) is 4.98 Å². The number of benzene rings is 2. The standard InChI is InChI=1S/C31H29N3O/c35-31(33-25-16-8-3-9-17-25)29-20-19-26(30(34-29)28-18-10-11-21-32-28)27(24-14-6-2-7-15-24)22-23-12-4-1-5-13-23/h1-2,4-7,10-15,18-22,25H,3,8-9,16-17H2,(H,33,35)/b27-22+. The molecule has 0 radical (unpaired) electrons. The minimum absolute atomic E-state index is 0.117. The Morgan fingerprint density at radius 2 is 1.51 bits per heavy atom. The Bertz CT molecular complexity index is 1300. The van der Waals surface area contributed by atoms with Crippen molar-refractivity contribution in [1.82, 2.24) is 15.3 Å². The molecule has 0 spiro atoms. The van der Waals surface area contributed by atoms with Gasteiger partial charge in [0.2, 0.25) is 0 Å². The molecule has 174 valence electrons. The molecule has 2 aromatic heterocycles. The maximum atomic E-state index is 13.1. The van der Waals surface area contributed by atoms with Crippen LogP contribution in [-0.4, -0.2) is 21.9 Å². The Morgan fingerprint density at radius 1 is 0.800 bits per heavy atom. The van der Waals surface area contributed by atoms with Crippen molar-refractivity contribution in [2.24, 2.45) is 0 Å². The molecule has 1 N–H and O–H groups in total. The number of pyridine rings is 2. The number of hydrogen-bond donors (Lipinski definition) is 1. The van der Waals surface area contributed by atoms with Gasteiger partial charge in [0.1, 0.15) is 5.69 Å². The number of aromatic nitrogens is 2. The monoisotopic (exact) mass is 459 g/mol. The van der Waals surface area contributed by atoms with Crippen LogP contribution < -0.4 is 5.32 Å². The third-order valence-electron chi connectivity index (χ3n) is 6.46. The lowest BCUT2D eigenvalue weighted by Gasteiger charge is -2.22. The highest BCUT2D eigenvalue weighted by Gasteiger charge is 2.20. The lowest BCUT2D eigenvalue weighted by molar-refractivity contribution is 0.0923. The molecule has 0 unspecified atom stereocenters. The van der Waals surface area contributed by atoms with Gasteiger partial charge < -0.3 is 5.32 Å². The number of carbonyl (C=O) groups is 1. The lowest BCUT2D eigenvalue weighted by Crippen LogP contribution is -2.36. The summed E-state index contributed by atoms with van der Waals surface area (Å²) in [6.07, 6.45) is 9.59. The molecular formula is C31H29N3O. The molecule has 0 aliphatic heterocycles. The molecular weight excluding hydrogens is 430 g/mol. The first kappa shape index (κ1) is 22.7. The van der Waals surface area contributed by atoms with Crippen molar-refractivity contribution < 1.29 is 4.79 Å². The van der Waals surface area contributed by atoms with Crippen LogP contribution in [-0.2, 0) is 0 Å². The molecule has 0 saturated heterocycles. The van der Waals surface area contributed by atoms with E-state index in [0.29, 0.717) is 11.4 Å². The third kappa shape index (κ3) is 5.55. The second kappa shape index (κ2) is 10.9. The number of nitrogens with one attached hydrogen (secondary N) is 1. The summed E-state index contributed by atoms with van der Waals surface area (Å²) in [5, 5.41) is 3.20. The van der Waals surface area contributed by atoms with Crippen LogP contribution in [0.5, 0.6) is 0 Å². The quantitative estimate of drug-likeness (QED) is 0.323. The van der Waals surface area contributed by atoms with Crippen LogP contribution in [0.15, 0.2) is 97.2 Å². The van der Waals surface area contributed by atoms with E-state index in [1.165, 1.54) is 19.3 Å². The summed E-state index contributed by atoms with van der Waals surface area (Å²) in [6, 6.07) is 30.4. The first-order valence-electron chi connectivity index (χ1n) is 12.3. The molecule has 0 bridgehead atoms. The van der Waals surface area contributed by atoms with E-state index in [-0.39, 0.29) is 11.9 Å². The Kier molecular flexibility index (Phi) is 7.09. The van der Waals surface area contributed by atoms with Crippen molar-refractivity contribution in [2.75, 3.05) is 0 Å². The van der Waals surface area contributed by atoms with Gasteiger partial charge in [-0.25, -0.2) is 4.98 Å². The van der Waals surface area contributed by atoms with Crippen LogP contribution in [0.1, 0.15) is 59.3 Å². The van der Waals surface area contributed by atoms with Crippen LogP contribution in [0, 0.1) is 0 Å². The number of amides is 1. The second-order valence-electron chi connectivity index (χ2n) is 8.95. The minimum atomic E-state index is -0.117. The van der Waals surface area contributed by atoms with E-state index < -0.39 is 0 Å². The molecule has 1 aliphatic rings. The fourth-order valence-electron chi connectivity index (χ4n) is 4.66. The van der Waals surface area contributed by atoms with Crippen LogP contribution in [0.3, 0.4) is 0 Å². The Labute approximate surface area is 206 Å². The van der Waals surface area contributed by atoms with Gasteiger partial charge in [-0.1, -0.05) is 86.0 Å². The largest absolute Gasteiger partial charge is 0.348 e. The average molecular weight is 460 g/mol. The maximum Gasteiger partial charge on any atom is 0.270 e. The molecule has 1 fully saturated rings. The first-order valence-corrected chi connectivity index (χ1v) is 12.3. The van der Waals surface area contributed by atoms with Crippen molar-refractivity contribution in [2.45, 2.75) is 38.1 Å². The van der Waals surface area contributed by atoms with Crippen LogP contribution >= 0.6 is 0 Å². The number of nitrogens with zero attached hydrogens (tertiary/aromatic N) is 2. The highest BCUT2D eigenvalue weighted by atomic mass is 16.1. The maximum absolute atomic E-state index is 13.1. The van der Waals surface area contributed by atoms with E-state index in [1.54, 1.807) is 6.20 Å². The van der Waals surface area contributed by atoms with Crippen molar-refractivity contribution in [3.63, 3.8) is 0 Å². The highest BCUT2D eigenvalue weighted by Crippen LogP contribution is 2.33. The molecule has 35 heavy (non-hydrogen) atoms. The number of rotatable bonds is 6. The van der Waals surface area contributed by atoms with Crippen LogP contribution in [0.4, 0.5) is 0 Å². The van der Waals surface area contributed by atoms with Gasteiger partial charge in [-0.2, -0.15) is 0 Å². The summed E-state index contributed by atoms with van der Waals surface area (Å²) < 4.78 is 0. The van der Waals surface area contributed by atoms with E-state index in [0.717, 1.165) is 40.8 Å². The number of carbonyl (C=O) groups excluding carboxylic acids is 1. The molecule has 2 heterocycles. The van der Waals surface area contributed by atoms with Crippen LogP contribution in [0.2, 0.25) is 0 Å². The van der Waals surface area contributed by atoms with Gasteiger partial charge in [0.05, 0.1) is 11.4 Å². The summed E-state index contributed by atoms with van der Waals surface area (Å²) in [4.78, 5) is 22.6. The summed E-state index contributed by atoms with van der Waals surface area (Å²) in [5.74, 6) is -0.117. The third-order valence-corrected chi connectivity index (χ3v) is 6.46. The van der Waals surface area contributed by atoms with Gasteiger partial charge in [0.15, 0.2) is 0 Å². The zero-order valence-corrected chi connectivity index (χ0v) is 19.7. The Morgan fingerprint density at radius 3 is 2.23 bits per heavy atom. The highest BCUT2D eigenvalue weighted by molar-refractivity contribution is 5.98. The molecule has 1 saturated carbocycles. The minimum Gasteiger partial charge on any atom is -0.348 e. The Balaban J connectivity index is 1.61. The topological polar surface area (TPSA) is 54.9 Å². The van der Waals surface area contributed by atoms with Gasteiger partial charge in [0, 0.05) is 17.8 Å². The SMILES string of the molecule is O=C(NC1CCCCC1)c1ccc(/C(=C/c2ccccc2)c2ccccc2)c(-c2ccccn2)n1. The molecule has 4 heteroatoms. The van der Waals surface area contributed by atoms with Gasteiger partial charge in [-0.15, -0.1) is 0 Å². The van der Waals surface area contributed by atoms with Gasteiger partial charge in [-0.05, 0) is 59.9 Å². The molecule has 2 aromatic carbocycles. The lowest BCUT2D eigenvalue weighted by atomic mass is 9.93. The molecule has 1 aliphatic carbocycles. The van der Waals surface area contributed by atoms with E-state index in [2.05, 4.69) is 40.6 Å². The smallest absolute Gasteiger partial charge is 0.270 e. The zero-order chi connectivity index (χ0) is 23.9. The number of hydrogen-bond acceptors (Lipinski definition) is 3. The van der Waals surface area contributed by atoms with Gasteiger partial charge >= 0.3 is 0 Å². The van der Waals surface area contributed by atoms with Gasteiger partial charge in [0.25, 0.3) is 5.91 Å². The predicted molar refractivity (Wildman–Crippen MR) is 142 cm³/mol. The second-order valence-corrected chi connectivity index (χ2v) is 8.95. The fraction of sp³-hybridized carbons (Fsp3) is 0.194. The molecule has 4 nitrogen and oxygen atoms in total. The van der Waals surface area contributed by atoms with Crippen molar-refractivity contribution >= 4 is 17.6 Å². The average Bonchev–Trinajstić information content (AvgIpc) is 2.93. The van der Waals surface area contributed by atoms with Gasteiger partial charge in [-0.3, -0.25) is 9.78 Å². The Hall–Kier alpha value is -4.05. The first-order chi connectivity index (χ1) is 17.3.